The lowest BCUT2D eigenvalue weighted by Crippen LogP contribution is -2.57. The fraction of sp³-hybridized carbons (Fsp3) is 0.543. The van der Waals surface area contributed by atoms with E-state index in [9.17, 15) is 14.4 Å². The number of aromatic nitrogens is 2. The summed E-state index contributed by atoms with van der Waals surface area (Å²) < 4.78 is 5.83. The molecule has 4 fully saturated rings. The molecule has 1 unspecified atom stereocenters. The molecule has 3 heterocycles. The van der Waals surface area contributed by atoms with Gasteiger partial charge in [0.1, 0.15) is 11.9 Å². The Bertz CT molecular complexity index is 1650. The summed E-state index contributed by atoms with van der Waals surface area (Å²) >= 11 is 6.78. The van der Waals surface area contributed by atoms with Gasteiger partial charge in [-0.1, -0.05) is 63.1 Å². The van der Waals surface area contributed by atoms with E-state index in [1.165, 1.54) is 0 Å². The molecular formula is C35H42ClN5O4. The second kappa shape index (κ2) is 11.1. The molecule has 45 heavy (non-hydrogen) atoms. The van der Waals surface area contributed by atoms with Crippen LogP contribution in [0.15, 0.2) is 42.5 Å². The van der Waals surface area contributed by atoms with Crippen molar-refractivity contribution >= 4 is 40.4 Å². The van der Waals surface area contributed by atoms with Crippen LogP contribution in [0.5, 0.6) is 0 Å². The molecule has 4 atom stereocenters. The van der Waals surface area contributed by atoms with E-state index >= 15 is 0 Å². The summed E-state index contributed by atoms with van der Waals surface area (Å²) in [5.74, 6) is 0.0359. The van der Waals surface area contributed by atoms with Crippen molar-refractivity contribution in [2.45, 2.75) is 82.7 Å². The molecule has 1 aromatic heterocycles. The Kier molecular flexibility index (Phi) is 7.47. The first-order valence-electron chi connectivity index (χ1n) is 16.3. The number of nitrogens with one attached hydrogen (secondary N) is 4. The van der Waals surface area contributed by atoms with Crippen LogP contribution in [-0.4, -0.2) is 53.5 Å². The van der Waals surface area contributed by atoms with Gasteiger partial charge >= 0.3 is 0 Å². The first-order chi connectivity index (χ1) is 21.6. The Labute approximate surface area is 268 Å². The quantitative estimate of drug-likeness (QED) is 0.263. The smallest absolute Gasteiger partial charge is 0.243 e. The number of H-pyrrole nitrogens is 1. The number of aromatic amines is 1. The minimum Gasteiger partial charge on any atom is -0.380 e. The Balaban J connectivity index is 1.25. The minimum absolute atomic E-state index is 0.0439. The maximum atomic E-state index is 14.1. The highest BCUT2D eigenvalue weighted by atomic mass is 35.5. The van der Waals surface area contributed by atoms with E-state index < -0.39 is 17.5 Å². The molecule has 2 aromatic carbocycles. The Morgan fingerprint density at radius 2 is 1.87 bits per heavy atom. The third-order valence-corrected chi connectivity index (χ3v) is 11.4. The van der Waals surface area contributed by atoms with Crippen molar-refractivity contribution < 1.29 is 19.1 Å². The second-order valence-corrected chi connectivity index (χ2v) is 14.8. The van der Waals surface area contributed by atoms with E-state index in [0.717, 1.165) is 54.3 Å². The first-order valence-corrected chi connectivity index (χ1v) is 16.6. The lowest BCUT2D eigenvalue weighted by atomic mass is 9.65. The van der Waals surface area contributed by atoms with Gasteiger partial charge in [0.25, 0.3) is 0 Å². The molecule has 2 aliphatic heterocycles. The summed E-state index contributed by atoms with van der Waals surface area (Å²) in [5, 5.41) is 10.1. The van der Waals surface area contributed by atoms with Crippen LogP contribution in [0.1, 0.15) is 88.2 Å². The maximum absolute atomic E-state index is 14.1. The summed E-state index contributed by atoms with van der Waals surface area (Å²) in [6.45, 7) is 7.34. The van der Waals surface area contributed by atoms with E-state index in [2.05, 4.69) is 27.9 Å². The molecule has 3 amide bonds. The fourth-order valence-electron chi connectivity index (χ4n) is 7.73. The fourth-order valence-corrected chi connectivity index (χ4v) is 7.98. The normalized spacial score (nSPS) is 26.0. The van der Waals surface area contributed by atoms with Crippen LogP contribution < -0.4 is 16.0 Å². The van der Waals surface area contributed by atoms with Crippen LogP contribution in [0.25, 0.3) is 11.0 Å². The van der Waals surface area contributed by atoms with Gasteiger partial charge in [-0.15, -0.1) is 0 Å². The highest BCUT2D eigenvalue weighted by Gasteiger charge is 2.55. The van der Waals surface area contributed by atoms with E-state index in [1.54, 1.807) is 0 Å². The van der Waals surface area contributed by atoms with Crippen molar-refractivity contribution in [3.05, 3.63) is 64.4 Å². The molecule has 7 rings (SSSR count). The van der Waals surface area contributed by atoms with Crippen LogP contribution in [0, 0.1) is 16.7 Å². The number of fused-ring (bicyclic) bond motifs is 1. The number of nitrogens with zero attached hydrogens (tertiary/aromatic N) is 1. The van der Waals surface area contributed by atoms with Crippen LogP contribution in [0.2, 0.25) is 5.02 Å². The van der Waals surface area contributed by atoms with Gasteiger partial charge in [-0.05, 0) is 66.8 Å². The van der Waals surface area contributed by atoms with Gasteiger partial charge in [-0.3, -0.25) is 14.4 Å². The standard InChI is InChI=1S/C35H42ClN5O4/c1-20(2)30(42)40-27(26(33(3)13-14-33)22-7-4-5-8-23(22)36)29-38-24-10-9-21(17-25(24)39-29)35(15-16-45-19-35)32(44)41-28-31(43)37-18-34(28)11-6-12-34/h4-5,7-10,17,20,26-28H,6,11-16,18-19H2,1-3H3,(H,37,43)(H,38,39)(H,40,42)(H,41,44)/t26-,27-,28-,35?/m0/s1. The first kappa shape index (κ1) is 30.2. The van der Waals surface area contributed by atoms with Crippen molar-refractivity contribution in [3.8, 4) is 0 Å². The minimum atomic E-state index is -0.917. The van der Waals surface area contributed by atoms with Gasteiger partial charge < -0.3 is 25.7 Å². The van der Waals surface area contributed by atoms with Crippen molar-refractivity contribution in [3.63, 3.8) is 0 Å². The largest absolute Gasteiger partial charge is 0.380 e. The summed E-state index contributed by atoms with van der Waals surface area (Å²) in [7, 11) is 0. The second-order valence-electron chi connectivity index (χ2n) is 14.4. The Morgan fingerprint density at radius 3 is 2.51 bits per heavy atom. The SMILES string of the molecule is CC(C)C(=O)N[C@H](c1nc2ccc(C3(C(=O)N[C@H]4C(=O)NCC45CCC5)CCOC3)cc2[nH]1)[C@H](c1ccccc1Cl)C1(C)CC1. The highest BCUT2D eigenvalue weighted by Crippen LogP contribution is 2.60. The number of hydrogen-bond acceptors (Lipinski definition) is 5. The zero-order chi connectivity index (χ0) is 31.6. The van der Waals surface area contributed by atoms with E-state index in [0.29, 0.717) is 30.4 Å². The van der Waals surface area contributed by atoms with Gasteiger partial charge in [0.15, 0.2) is 0 Å². The van der Waals surface area contributed by atoms with Crippen molar-refractivity contribution in [1.82, 2.24) is 25.9 Å². The molecule has 2 saturated carbocycles. The number of imidazole rings is 1. The van der Waals surface area contributed by atoms with Crippen LogP contribution in [0.4, 0.5) is 0 Å². The van der Waals surface area contributed by atoms with E-state index in [-0.39, 0.29) is 47.0 Å². The zero-order valence-corrected chi connectivity index (χ0v) is 26.9. The highest BCUT2D eigenvalue weighted by molar-refractivity contribution is 6.31. The Hall–Kier alpha value is -3.43. The monoisotopic (exact) mass is 631 g/mol. The number of benzene rings is 2. The predicted octanol–water partition coefficient (Wildman–Crippen LogP) is 5.06. The number of carbonyl (C=O) groups excluding carboxylic acids is 3. The van der Waals surface area contributed by atoms with Gasteiger partial charge in [0.05, 0.1) is 29.1 Å². The molecule has 238 valence electrons. The molecule has 4 N–H and O–H groups in total. The lowest BCUT2D eigenvalue weighted by Gasteiger charge is -2.42. The molecule has 10 heteroatoms. The molecule has 3 aromatic rings. The van der Waals surface area contributed by atoms with Crippen LogP contribution >= 0.6 is 11.6 Å². The van der Waals surface area contributed by atoms with Crippen LogP contribution in [-0.2, 0) is 24.5 Å². The maximum Gasteiger partial charge on any atom is 0.243 e. The Morgan fingerprint density at radius 1 is 1.09 bits per heavy atom. The number of hydrogen-bond donors (Lipinski definition) is 4. The van der Waals surface area contributed by atoms with Crippen molar-refractivity contribution in [2.75, 3.05) is 19.8 Å². The lowest BCUT2D eigenvalue weighted by molar-refractivity contribution is -0.133. The van der Waals surface area contributed by atoms with E-state index in [1.807, 2.05) is 56.3 Å². The third-order valence-electron chi connectivity index (χ3n) is 11.1. The summed E-state index contributed by atoms with van der Waals surface area (Å²) in [5.41, 5.74) is 2.20. The number of ether oxygens (including phenoxy) is 1. The van der Waals surface area contributed by atoms with Crippen molar-refractivity contribution in [1.29, 1.82) is 0 Å². The molecule has 2 aliphatic carbocycles. The van der Waals surface area contributed by atoms with Crippen molar-refractivity contribution in [2.24, 2.45) is 16.7 Å². The van der Waals surface area contributed by atoms with Gasteiger partial charge in [0.2, 0.25) is 17.7 Å². The predicted molar refractivity (Wildman–Crippen MR) is 172 cm³/mol. The average molecular weight is 632 g/mol. The number of amides is 3. The number of rotatable bonds is 9. The molecular weight excluding hydrogens is 590 g/mol. The number of carbonyl (C=O) groups is 3. The molecule has 2 saturated heterocycles. The summed E-state index contributed by atoms with van der Waals surface area (Å²) in [6, 6.07) is 12.8. The van der Waals surface area contributed by atoms with Gasteiger partial charge in [0, 0.05) is 35.4 Å². The molecule has 0 radical (unpaired) electrons. The molecule has 1 spiro atoms. The van der Waals surface area contributed by atoms with Gasteiger partial charge in [-0.25, -0.2) is 4.98 Å². The number of halogens is 1. The summed E-state index contributed by atoms with van der Waals surface area (Å²) in [4.78, 5) is 48.6. The average Bonchev–Trinajstić information content (AvgIpc) is 3.36. The van der Waals surface area contributed by atoms with E-state index in [4.69, 9.17) is 21.3 Å². The molecule has 0 bridgehead atoms. The third kappa shape index (κ3) is 5.12. The topological polar surface area (TPSA) is 125 Å². The zero-order valence-electron chi connectivity index (χ0n) is 26.2. The van der Waals surface area contributed by atoms with Crippen LogP contribution in [0.3, 0.4) is 0 Å². The summed E-state index contributed by atoms with van der Waals surface area (Å²) in [6.07, 6.45) is 5.52. The van der Waals surface area contributed by atoms with Gasteiger partial charge in [-0.2, -0.15) is 0 Å². The molecule has 4 aliphatic rings. The molecule has 9 nitrogen and oxygen atoms in total.